The van der Waals surface area contributed by atoms with Crippen LogP contribution in [-0.2, 0) is 17.8 Å². The monoisotopic (exact) mass is 282 g/mol. The average molecular weight is 282 g/mol. The van der Waals surface area contributed by atoms with E-state index in [2.05, 4.69) is 17.3 Å². The van der Waals surface area contributed by atoms with Crippen LogP contribution in [0.4, 0.5) is 5.69 Å². The molecule has 0 unspecified atom stereocenters. The predicted molar refractivity (Wildman–Crippen MR) is 80.9 cm³/mol. The first-order valence-corrected chi connectivity index (χ1v) is 6.88. The summed E-state index contributed by atoms with van der Waals surface area (Å²) in [5.41, 5.74) is 4.32. The highest BCUT2D eigenvalue weighted by molar-refractivity contribution is 5.90. The minimum atomic E-state index is -0.154. The molecule has 1 aromatic heterocycles. The molecule has 0 saturated carbocycles. The van der Waals surface area contributed by atoms with Gasteiger partial charge in [0.15, 0.2) is 0 Å². The van der Waals surface area contributed by atoms with Gasteiger partial charge in [0, 0.05) is 11.4 Å². The van der Waals surface area contributed by atoms with Crippen molar-refractivity contribution >= 4 is 11.6 Å². The van der Waals surface area contributed by atoms with Crippen LogP contribution in [-0.4, -0.2) is 15.7 Å². The number of carbonyl (C=O) groups is 1. The highest BCUT2D eigenvalue weighted by Crippen LogP contribution is 2.14. The van der Waals surface area contributed by atoms with E-state index >= 15 is 0 Å². The van der Waals surface area contributed by atoms with Crippen molar-refractivity contribution in [3.63, 3.8) is 0 Å². The van der Waals surface area contributed by atoms with Gasteiger partial charge in [-0.3, -0.25) is 9.48 Å². The molecule has 0 saturated heterocycles. The van der Waals surface area contributed by atoms with Gasteiger partial charge in [0.05, 0.1) is 17.3 Å². The Labute approximate surface area is 124 Å². The third-order valence-electron chi connectivity index (χ3n) is 3.45. The third kappa shape index (κ3) is 3.29. The second kappa shape index (κ2) is 6.23. The number of rotatable bonds is 4. The number of aryl methyl sites for hydroxylation is 1. The van der Waals surface area contributed by atoms with Crippen LogP contribution < -0.4 is 5.32 Å². The Bertz CT molecular complexity index is 710. The molecule has 0 aliphatic rings. The van der Waals surface area contributed by atoms with Gasteiger partial charge in [-0.15, -0.1) is 0 Å². The summed E-state index contributed by atoms with van der Waals surface area (Å²) in [5.74, 6) is -0.154. The number of nitriles is 1. The number of anilines is 1. The molecule has 0 fully saturated rings. The zero-order chi connectivity index (χ0) is 15.4. The molecule has 2 rings (SSSR count). The van der Waals surface area contributed by atoms with E-state index in [1.165, 1.54) is 5.56 Å². The molecule has 5 nitrogen and oxygen atoms in total. The molecular weight excluding hydrogens is 264 g/mol. The van der Waals surface area contributed by atoms with Crippen LogP contribution in [0.15, 0.2) is 24.3 Å². The molecule has 0 radical (unpaired) electrons. The Balaban J connectivity index is 2.10. The van der Waals surface area contributed by atoms with Crippen LogP contribution in [0.3, 0.4) is 0 Å². The van der Waals surface area contributed by atoms with Gasteiger partial charge in [-0.05, 0) is 44.0 Å². The SMILES string of the molecule is CCc1c(C)nn(CC(=O)Nc2cccc(C#N)c2)c1C. The van der Waals surface area contributed by atoms with E-state index in [9.17, 15) is 4.79 Å². The molecule has 2 aromatic rings. The standard InChI is InChI=1S/C16H18N4O/c1-4-15-11(2)19-20(12(15)3)10-16(21)18-14-7-5-6-13(8-14)9-17/h5-8H,4,10H2,1-3H3,(H,18,21). The fraction of sp³-hybridized carbons (Fsp3) is 0.312. The number of benzene rings is 1. The minimum Gasteiger partial charge on any atom is -0.324 e. The number of aromatic nitrogens is 2. The van der Waals surface area contributed by atoms with Gasteiger partial charge in [0.25, 0.3) is 0 Å². The molecule has 1 heterocycles. The zero-order valence-corrected chi connectivity index (χ0v) is 12.5. The topological polar surface area (TPSA) is 70.7 Å². The lowest BCUT2D eigenvalue weighted by atomic mass is 10.1. The summed E-state index contributed by atoms with van der Waals surface area (Å²) >= 11 is 0. The summed E-state index contributed by atoms with van der Waals surface area (Å²) in [6, 6.07) is 8.90. The Morgan fingerprint density at radius 2 is 2.19 bits per heavy atom. The second-order valence-electron chi connectivity index (χ2n) is 4.90. The molecule has 0 atom stereocenters. The Hall–Kier alpha value is -2.61. The maximum Gasteiger partial charge on any atom is 0.246 e. The van der Waals surface area contributed by atoms with Crippen LogP contribution in [0.5, 0.6) is 0 Å². The molecule has 0 bridgehead atoms. The lowest BCUT2D eigenvalue weighted by Gasteiger charge is -2.07. The second-order valence-corrected chi connectivity index (χ2v) is 4.90. The normalized spacial score (nSPS) is 10.2. The fourth-order valence-corrected chi connectivity index (χ4v) is 2.40. The number of nitrogens with one attached hydrogen (secondary N) is 1. The third-order valence-corrected chi connectivity index (χ3v) is 3.45. The smallest absolute Gasteiger partial charge is 0.246 e. The summed E-state index contributed by atoms with van der Waals surface area (Å²) in [5, 5.41) is 16.0. The van der Waals surface area contributed by atoms with Crippen molar-refractivity contribution in [3.05, 3.63) is 46.8 Å². The van der Waals surface area contributed by atoms with E-state index in [0.29, 0.717) is 11.3 Å². The maximum atomic E-state index is 12.1. The number of hydrogen-bond donors (Lipinski definition) is 1. The summed E-state index contributed by atoms with van der Waals surface area (Å²) in [6.45, 7) is 6.18. The van der Waals surface area contributed by atoms with E-state index in [-0.39, 0.29) is 12.5 Å². The minimum absolute atomic E-state index is 0.154. The predicted octanol–water partition coefficient (Wildman–Crippen LogP) is 2.57. The van der Waals surface area contributed by atoms with Gasteiger partial charge >= 0.3 is 0 Å². The van der Waals surface area contributed by atoms with Crippen molar-refractivity contribution in [2.75, 3.05) is 5.32 Å². The molecular formula is C16H18N4O. The van der Waals surface area contributed by atoms with Crippen molar-refractivity contribution in [3.8, 4) is 6.07 Å². The van der Waals surface area contributed by atoms with Crippen molar-refractivity contribution in [1.82, 2.24) is 9.78 Å². The highest BCUT2D eigenvalue weighted by atomic mass is 16.2. The summed E-state index contributed by atoms with van der Waals surface area (Å²) < 4.78 is 1.72. The van der Waals surface area contributed by atoms with E-state index in [1.807, 2.05) is 19.9 Å². The van der Waals surface area contributed by atoms with E-state index in [0.717, 1.165) is 17.8 Å². The van der Waals surface area contributed by atoms with Crippen LogP contribution in [0.1, 0.15) is 29.4 Å². The number of carbonyl (C=O) groups excluding carboxylic acids is 1. The van der Waals surface area contributed by atoms with Gasteiger partial charge < -0.3 is 5.32 Å². The highest BCUT2D eigenvalue weighted by Gasteiger charge is 2.12. The van der Waals surface area contributed by atoms with Gasteiger partial charge in [-0.2, -0.15) is 10.4 Å². The Morgan fingerprint density at radius 1 is 1.43 bits per heavy atom. The number of hydrogen-bond acceptors (Lipinski definition) is 3. The van der Waals surface area contributed by atoms with Gasteiger partial charge in [0.1, 0.15) is 6.54 Å². The van der Waals surface area contributed by atoms with E-state index in [1.54, 1.807) is 28.9 Å². The molecule has 21 heavy (non-hydrogen) atoms. The summed E-state index contributed by atoms with van der Waals surface area (Å²) in [4.78, 5) is 12.1. The largest absolute Gasteiger partial charge is 0.324 e. The van der Waals surface area contributed by atoms with Crippen molar-refractivity contribution in [2.24, 2.45) is 0 Å². The fourth-order valence-electron chi connectivity index (χ4n) is 2.40. The first-order chi connectivity index (χ1) is 10.0. The van der Waals surface area contributed by atoms with Crippen LogP contribution >= 0.6 is 0 Å². The first-order valence-electron chi connectivity index (χ1n) is 6.88. The summed E-state index contributed by atoms with van der Waals surface area (Å²) in [7, 11) is 0. The molecule has 5 heteroatoms. The molecule has 108 valence electrons. The van der Waals surface area contributed by atoms with Gasteiger partial charge in [-0.25, -0.2) is 0 Å². The van der Waals surface area contributed by atoms with Gasteiger partial charge in [-0.1, -0.05) is 13.0 Å². The molecule has 0 aliphatic carbocycles. The number of nitrogens with zero attached hydrogens (tertiary/aromatic N) is 3. The lowest BCUT2D eigenvalue weighted by Crippen LogP contribution is -2.20. The Kier molecular flexibility index (Phi) is 4.39. The molecule has 1 aromatic carbocycles. The lowest BCUT2D eigenvalue weighted by molar-refractivity contribution is -0.116. The van der Waals surface area contributed by atoms with Crippen molar-refractivity contribution in [1.29, 1.82) is 5.26 Å². The molecule has 1 amide bonds. The zero-order valence-electron chi connectivity index (χ0n) is 12.5. The van der Waals surface area contributed by atoms with Crippen LogP contribution in [0.25, 0.3) is 0 Å². The average Bonchev–Trinajstić information content (AvgIpc) is 2.73. The quantitative estimate of drug-likeness (QED) is 0.936. The van der Waals surface area contributed by atoms with E-state index in [4.69, 9.17) is 5.26 Å². The van der Waals surface area contributed by atoms with Gasteiger partial charge in [0.2, 0.25) is 5.91 Å². The maximum absolute atomic E-state index is 12.1. The van der Waals surface area contributed by atoms with Crippen molar-refractivity contribution < 1.29 is 4.79 Å². The van der Waals surface area contributed by atoms with Crippen LogP contribution in [0, 0.1) is 25.2 Å². The van der Waals surface area contributed by atoms with E-state index < -0.39 is 0 Å². The molecule has 0 aliphatic heterocycles. The molecule has 1 N–H and O–H groups in total. The van der Waals surface area contributed by atoms with Crippen molar-refractivity contribution in [2.45, 2.75) is 33.7 Å². The number of amides is 1. The Morgan fingerprint density at radius 3 is 2.81 bits per heavy atom. The first kappa shape index (κ1) is 14.8. The summed E-state index contributed by atoms with van der Waals surface area (Å²) in [6.07, 6.45) is 0.906. The molecule has 0 spiro atoms. The van der Waals surface area contributed by atoms with Crippen LogP contribution in [0.2, 0.25) is 0 Å².